The van der Waals surface area contributed by atoms with Crippen molar-refractivity contribution in [2.24, 2.45) is 0 Å². The van der Waals surface area contributed by atoms with Crippen molar-refractivity contribution in [3.63, 3.8) is 0 Å². The highest BCUT2D eigenvalue weighted by Gasteiger charge is 2.07. The average Bonchev–Trinajstić information content (AvgIpc) is 2.15. The Labute approximate surface area is 86.8 Å². The Morgan fingerprint density at radius 1 is 1.33 bits per heavy atom. The molecule has 3 heteroatoms. The van der Waals surface area contributed by atoms with Crippen LogP contribution in [0.25, 0.3) is 10.9 Å². The van der Waals surface area contributed by atoms with Crippen LogP contribution < -0.4 is 0 Å². The van der Waals surface area contributed by atoms with Gasteiger partial charge in [0.25, 0.3) is 0 Å². The van der Waals surface area contributed by atoms with Crippen molar-refractivity contribution in [3.8, 4) is 0 Å². The molecule has 15 heavy (non-hydrogen) atoms. The van der Waals surface area contributed by atoms with Gasteiger partial charge in [0.2, 0.25) is 0 Å². The third-order valence-corrected chi connectivity index (χ3v) is 2.30. The molecular weight excluding hydrogens is 193 g/mol. The summed E-state index contributed by atoms with van der Waals surface area (Å²) in [6.07, 6.45) is 0. The van der Waals surface area contributed by atoms with Gasteiger partial charge in [-0.15, -0.1) is 0 Å². The molecule has 1 aromatic carbocycles. The summed E-state index contributed by atoms with van der Waals surface area (Å²) in [4.78, 5) is 15.4. The second-order valence-corrected chi connectivity index (χ2v) is 3.55. The molecule has 0 aliphatic rings. The van der Waals surface area contributed by atoms with E-state index in [1.807, 2.05) is 0 Å². The number of pyridine rings is 1. The zero-order valence-corrected chi connectivity index (χ0v) is 8.54. The second-order valence-electron chi connectivity index (χ2n) is 3.55. The van der Waals surface area contributed by atoms with Crippen molar-refractivity contribution < 1.29 is 9.18 Å². The predicted molar refractivity (Wildman–Crippen MR) is 56.4 cm³/mol. The number of aromatic nitrogens is 1. The van der Waals surface area contributed by atoms with Gasteiger partial charge in [0.05, 0.1) is 5.52 Å². The number of carbonyl (C=O) groups is 1. The standard InChI is InChI=1S/C12H10FNO/c1-7-5-9-6-10(13)3-4-11(9)14-12(7)8(2)15/h3-6H,1-2H3. The van der Waals surface area contributed by atoms with Gasteiger partial charge in [-0.1, -0.05) is 0 Å². The molecule has 0 fully saturated rings. The molecule has 0 spiro atoms. The van der Waals surface area contributed by atoms with Crippen LogP contribution in [0, 0.1) is 12.7 Å². The number of aryl methyl sites for hydroxylation is 1. The van der Waals surface area contributed by atoms with Gasteiger partial charge in [-0.2, -0.15) is 0 Å². The third-order valence-electron chi connectivity index (χ3n) is 2.30. The van der Waals surface area contributed by atoms with Gasteiger partial charge >= 0.3 is 0 Å². The fourth-order valence-electron chi connectivity index (χ4n) is 1.61. The number of halogens is 1. The van der Waals surface area contributed by atoms with E-state index in [0.717, 1.165) is 10.9 Å². The minimum atomic E-state index is -0.292. The monoisotopic (exact) mass is 203 g/mol. The highest BCUT2D eigenvalue weighted by molar-refractivity contribution is 5.96. The predicted octanol–water partition coefficient (Wildman–Crippen LogP) is 2.88. The van der Waals surface area contributed by atoms with Crippen LogP contribution in [0.4, 0.5) is 4.39 Å². The first kappa shape index (κ1) is 9.77. The molecule has 0 radical (unpaired) electrons. The number of fused-ring (bicyclic) bond motifs is 1. The van der Waals surface area contributed by atoms with Crippen molar-refractivity contribution >= 4 is 16.7 Å². The molecule has 0 N–H and O–H groups in total. The fraction of sp³-hybridized carbons (Fsp3) is 0.167. The highest BCUT2D eigenvalue weighted by atomic mass is 19.1. The summed E-state index contributed by atoms with van der Waals surface area (Å²) in [6.45, 7) is 3.28. The molecule has 1 heterocycles. The van der Waals surface area contributed by atoms with Gasteiger partial charge in [-0.3, -0.25) is 4.79 Å². The minimum absolute atomic E-state index is 0.0706. The number of carbonyl (C=O) groups excluding carboxylic acids is 1. The Hall–Kier alpha value is -1.77. The Morgan fingerprint density at radius 3 is 2.73 bits per heavy atom. The van der Waals surface area contributed by atoms with Gasteiger partial charge in [0.15, 0.2) is 5.78 Å². The Morgan fingerprint density at radius 2 is 2.07 bits per heavy atom. The Balaban J connectivity index is 2.76. The van der Waals surface area contributed by atoms with E-state index < -0.39 is 0 Å². The molecule has 0 saturated carbocycles. The van der Waals surface area contributed by atoms with Crippen LogP contribution in [-0.2, 0) is 0 Å². The van der Waals surface area contributed by atoms with Crippen LogP contribution in [0.1, 0.15) is 23.0 Å². The van der Waals surface area contributed by atoms with E-state index >= 15 is 0 Å². The molecule has 0 aliphatic carbocycles. The van der Waals surface area contributed by atoms with Crippen LogP contribution in [0.15, 0.2) is 24.3 Å². The van der Waals surface area contributed by atoms with Crippen molar-refractivity contribution in [1.82, 2.24) is 4.98 Å². The quantitative estimate of drug-likeness (QED) is 0.667. The smallest absolute Gasteiger partial charge is 0.178 e. The highest BCUT2D eigenvalue weighted by Crippen LogP contribution is 2.17. The molecule has 2 aromatic rings. The molecule has 1 aromatic heterocycles. The summed E-state index contributed by atoms with van der Waals surface area (Å²) in [5.41, 5.74) is 1.88. The van der Waals surface area contributed by atoms with Crippen molar-refractivity contribution in [1.29, 1.82) is 0 Å². The molecule has 76 valence electrons. The van der Waals surface area contributed by atoms with Gasteiger partial charge in [0.1, 0.15) is 11.5 Å². The van der Waals surface area contributed by atoms with Gasteiger partial charge < -0.3 is 0 Å². The normalized spacial score (nSPS) is 10.6. The van der Waals surface area contributed by atoms with E-state index in [2.05, 4.69) is 4.98 Å². The van der Waals surface area contributed by atoms with E-state index in [4.69, 9.17) is 0 Å². The number of rotatable bonds is 1. The number of hydrogen-bond donors (Lipinski definition) is 0. The fourth-order valence-corrected chi connectivity index (χ4v) is 1.61. The van der Waals surface area contributed by atoms with Crippen molar-refractivity contribution in [3.05, 3.63) is 41.3 Å². The lowest BCUT2D eigenvalue weighted by molar-refractivity contribution is 0.101. The zero-order valence-electron chi connectivity index (χ0n) is 8.54. The number of Topliss-reactive ketones (excluding diaryl/α,β-unsaturated/α-hetero) is 1. The summed E-state index contributed by atoms with van der Waals surface area (Å²) in [5.74, 6) is -0.363. The van der Waals surface area contributed by atoms with Gasteiger partial charge in [-0.05, 0) is 36.8 Å². The van der Waals surface area contributed by atoms with Crippen LogP contribution in [-0.4, -0.2) is 10.8 Å². The maximum atomic E-state index is 12.9. The van der Waals surface area contributed by atoms with Gasteiger partial charge in [0, 0.05) is 12.3 Å². The number of ketones is 1. The van der Waals surface area contributed by atoms with Crippen LogP contribution in [0.3, 0.4) is 0 Å². The molecule has 2 rings (SSSR count). The van der Waals surface area contributed by atoms with E-state index in [0.29, 0.717) is 11.2 Å². The summed E-state index contributed by atoms with van der Waals surface area (Å²) >= 11 is 0. The molecular formula is C12H10FNO. The third kappa shape index (κ3) is 1.73. The molecule has 2 nitrogen and oxygen atoms in total. The average molecular weight is 203 g/mol. The number of benzene rings is 1. The topological polar surface area (TPSA) is 30.0 Å². The Kier molecular flexibility index (Phi) is 2.23. The van der Waals surface area contributed by atoms with Crippen molar-refractivity contribution in [2.75, 3.05) is 0 Å². The lowest BCUT2D eigenvalue weighted by Crippen LogP contribution is -2.00. The molecule has 0 unspecified atom stereocenters. The van der Waals surface area contributed by atoms with Gasteiger partial charge in [-0.25, -0.2) is 9.37 Å². The van der Waals surface area contributed by atoms with E-state index in [1.165, 1.54) is 19.1 Å². The second kappa shape index (κ2) is 3.42. The SMILES string of the molecule is CC(=O)c1nc2ccc(F)cc2cc1C. The first-order chi connectivity index (χ1) is 7.08. The van der Waals surface area contributed by atoms with Crippen LogP contribution in [0.5, 0.6) is 0 Å². The van der Waals surface area contributed by atoms with E-state index in [-0.39, 0.29) is 11.6 Å². The maximum absolute atomic E-state index is 12.9. The summed E-state index contributed by atoms with van der Waals surface area (Å²) < 4.78 is 12.9. The first-order valence-corrected chi connectivity index (χ1v) is 4.66. The van der Waals surface area contributed by atoms with E-state index in [1.54, 1.807) is 19.1 Å². The lowest BCUT2D eigenvalue weighted by Gasteiger charge is -2.04. The molecule has 0 saturated heterocycles. The largest absolute Gasteiger partial charge is 0.293 e. The van der Waals surface area contributed by atoms with Crippen LogP contribution in [0.2, 0.25) is 0 Å². The summed E-state index contributed by atoms with van der Waals surface area (Å²) in [5, 5.41) is 0.720. The minimum Gasteiger partial charge on any atom is -0.293 e. The molecule has 0 amide bonds. The summed E-state index contributed by atoms with van der Waals surface area (Å²) in [6, 6.07) is 6.12. The molecule has 0 aliphatic heterocycles. The number of hydrogen-bond acceptors (Lipinski definition) is 2. The van der Waals surface area contributed by atoms with Crippen molar-refractivity contribution in [2.45, 2.75) is 13.8 Å². The lowest BCUT2D eigenvalue weighted by atomic mass is 10.1. The molecule has 0 atom stereocenters. The molecule has 0 bridgehead atoms. The van der Waals surface area contributed by atoms with Crippen LogP contribution >= 0.6 is 0 Å². The number of nitrogens with zero attached hydrogens (tertiary/aromatic N) is 1. The van der Waals surface area contributed by atoms with E-state index in [9.17, 15) is 9.18 Å². The Bertz CT molecular complexity index is 549. The first-order valence-electron chi connectivity index (χ1n) is 4.66. The zero-order chi connectivity index (χ0) is 11.0. The maximum Gasteiger partial charge on any atom is 0.178 e. The summed E-state index contributed by atoms with van der Waals surface area (Å²) in [7, 11) is 0.